The molecule has 0 aliphatic carbocycles. The van der Waals surface area contributed by atoms with Crippen LogP contribution in [0.4, 0.5) is 13.2 Å². The third-order valence-corrected chi connectivity index (χ3v) is 0.834. The summed E-state index contributed by atoms with van der Waals surface area (Å²) in [6.45, 7) is -0.358. The Morgan fingerprint density at radius 3 is 2.44 bits per heavy atom. The second-order valence-corrected chi connectivity index (χ2v) is 1.48. The van der Waals surface area contributed by atoms with E-state index in [-0.39, 0.29) is 11.7 Å². The molecule has 0 unspecified atom stereocenters. The number of aliphatic imine (C=N–C) groups is 1. The molecule has 1 aliphatic heterocycles. The summed E-state index contributed by atoms with van der Waals surface area (Å²) >= 11 is 0. The van der Waals surface area contributed by atoms with Gasteiger partial charge in [0.05, 0.1) is 6.34 Å². The molecule has 0 aromatic heterocycles. The van der Waals surface area contributed by atoms with Gasteiger partial charge in [0, 0.05) is 0 Å². The van der Waals surface area contributed by atoms with Gasteiger partial charge in [-0.25, -0.2) is 0 Å². The molecule has 0 fully saturated rings. The lowest BCUT2D eigenvalue weighted by Crippen LogP contribution is -2.43. The fourth-order valence-corrected chi connectivity index (χ4v) is 0.427. The van der Waals surface area contributed by atoms with Gasteiger partial charge in [-0.05, 0) is 0 Å². The van der Waals surface area contributed by atoms with Crippen molar-refractivity contribution in [1.82, 2.24) is 10.4 Å². The van der Waals surface area contributed by atoms with E-state index in [2.05, 4.69) is 4.99 Å². The normalized spacial score (nSPS) is 20.3. The third kappa shape index (κ3) is 1.32. The Labute approximate surface area is 49.1 Å². The molecule has 1 rings (SSSR count). The van der Waals surface area contributed by atoms with E-state index in [1.54, 1.807) is 0 Å². The van der Waals surface area contributed by atoms with Gasteiger partial charge in [-0.15, -0.1) is 5.01 Å². The quantitative estimate of drug-likeness (QED) is 0.489. The van der Waals surface area contributed by atoms with E-state index in [1.165, 1.54) is 0 Å². The topological polar surface area (TPSA) is 27.6 Å². The summed E-state index contributed by atoms with van der Waals surface area (Å²) in [6.07, 6.45) is -3.32. The Morgan fingerprint density at radius 2 is 2.22 bits per heavy atom. The van der Waals surface area contributed by atoms with Crippen molar-refractivity contribution in [3.8, 4) is 0 Å². The van der Waals surface area contributed by atoms with E-state index < -0.39 is 6.30 Å². The van der Waals surface area contributed by atoms with Crippen LogP contribution in [0.5, 0.6) is 0 Å². The number of hydrogen-bond donors (Lipinski definition) is 1. The Morgan fingerprint density at radius 1 is 1.56 bits per heavy atom. The number of nitrogens with one attached hydrogen (secondary N) is 1. The minimum atomic E-state index is -4.32. The van der Waals surface area contributed by atoms with Gasteiger partial charge < -0.3 is 5.43 Å². The molecular weight excluding hydrogens is 135 g/mol. The molecular formula is C3H4F3N3. The fourth-order valence-electron chi connectivity index (χ4n) is 0.427. The highest BCUT2D eigenvalue weighted by molar-refractivity contribution is 5.55. The lowest BCUT2D eigenvalue weighted by molar-refractivity contribution is -0.252. The van der Waals surface area contributed by atoms with E-state index in [1.807, 2.05) is 5.43 Å². The van der Waals surface area contributed by atoms with Crippen LogP contribution in [0.2, 0.25) is 0 Å². The van der Waals surface area contributed by atoms with E-state index >= 15 is 0 Å². The third-order valence-electron chi connectivity index (χ3n) is 0.834. The monoisotopic (exact) mass is 139 g/mol. The number of hydrazine groups is 1. The van der Waals surface area contributed by atoms with Crippen LogP contribution in [0.25, 0.3) is 0 Å². The first-order valence-electron chi connectivity index (χ1n) is 2.19. The molecule has 52 valence electrons. The Kier molecular flexibility index (Phi) is 1.32. The molecule has 0 aromatic carbocycles. The Hall–Kier alpha value is -0.780. The van der Waals surface area contributed by atoms with E-state index in [9.17, 15) is 13.2 Å². The number of nitrogens with zero attached hydrogens (tertiary/aromatic N) is 2. The summed E-state index contributed by atoms with van der Waals surface area (Å²) in [5.41, 5.74) is 1.91. The largest absolute Gasteiger partial charge is 0.479 e. The molecule has 6 heteroatoms. The van der Waals surface area contributed by atoms with E-state index in [0.717, 1.165) is 6.34 Å². The highest BCUT2D eigenvalue weighted by atomic mass is 19.4. The van der Waals surface area contributed by atoms with Gasteiger partial charge in [0.1, 0.15) is 6.67 Å². The van der Waals surface area contributed by atoms with Crippen LogP contribution in [0.3, 0.4) is 0 Å². The van der Waals surface area contributed by atoms with Crippen LogP contribution in [0, 0.1) is 0 Å². The number of alkyl halides is 3. The zero-order valence-corrected chi connectivity index (χ0v) is 4.31. The predicted octanol–water partition coefficient (Wildman–Crippen LogP) is 0.312. The molecule has 0 aromatic rings. The molecule has 0 atom stereocenters. The summed E-state index contributed by atoms with van der Waals surface area (Å²) in [4.78, 5) is 3.30. The molecule has 1 aliphatic rings. The van der Waals surface area contributed by atoms with Crippen molar-refractivity contribution in [1.29, 1.82) is 0 Å². The highest BCUT2D eigenvalue weighted by Gasteiger charge is 2.38. The zero-order valence-electron chi connectivity index (χ0n) is 4.31. The second kappa shape index (κ2) is 1.87. The van der Waals surface area contributed by atoms with Crippen LogP contribution in [0.1, 0.15) is 0 Å². The minimum absolute atomic E-state index is 0.0764. The highest BCUT2D eigenvalue weighted by Crippen LogP contribution is 2.19. The summed E-state index contributed by atoms with van der Waals surface area (Å²) in [6, 6.07) is 0. The molecule has 1 N–H and O–H groups in total. The first-order chi connectivity index (χ1) is 4.11. The van der Waals surface area contributed by atoms with Gasteiger partial charge >= 0.3 is 6.30 Å². The molecule has 0 bridgehead atoms. The standard InChI is InChI=1S/C3H4F3N3/c4-3(5,6)9-2-7-1-8-9/h1H,2H2,(H,7,8). The van der Waals surface area contributed by atoms with Crippen LogP contribution in [0.15, 0.2) is 4.99 Å². The summed E-state index contributed by atoms with van der Waals surface area (Å²) in [5, 5.41) is 0.0764. The Bertz CT molecular complexity index is 121. The zero-order chi connectivity index (χ0) is 6.91. The minimum Gasteiger partial charge on any atom is -0.301 e. The lowest BCUT2D eigenvalue weighted by atomic mass is 10.9. The first-order valence-corrected chi connectivity index (χ1v) is 2.19. The number of halogens is 3. The summed E-state index contributed by atoms with van der Waals surface area (Å²) in [5.74, 6) is 0. The lowest BCUT2D eigenvalue weighted by Gasteiger charge is -2.16. The number of hydrogen-bond acceptors (Lipinski definition) is 3. The van der Waals surface area contributed by atoms with Crippen molar-refractivity contribution in [3.05, 3.63) is 0 Å². The molecule has 0 spiro atoms. The molecule has 1 heterocycles. The van der Waals surface area contributed by atoms with Gasteiger partial charge in [0.25, 0.3) is 0 Å². The van der Waals surface area contributed by atoms with Crippen molar-refractivity contribution in [2.75, 3.05) is 6.67 Å². The summed E-state index contributed by atoms with van der Waals surface area (Å²) < 4.78 is 34.6. The average molecular weight is 139 g/mol. The van der Waals surface area contributed by atoms with Crippen molar-refractivity contribution >= 4 is 6.34 Å². The van der Waals surface area contributed by atoms with Crippen LogP contribution >= 0.6 is 0 Å². The molecule has 0 radical (unpaired) electrons. The van der Waals surface area contributed by atoms with E-state index in [4.69, 9.17) is 0 Å². The molecule has 0 saturated carbocycles. The van der Waals surface area contributed by atoms with Crippen LogP contribution < -0.4 is 5.43 Å². The average Bonchev–Trinajstić information content (AvgIpc) is 2.08. The van der Waals surface area contributed by atoms with Gasteiger partial charge in [-0.1, -0.05) is 0 Å². The van der Waals surface area contributed by atoms with Gasteiger partial charge in [0.2, 0.25) is 0 Å². The summed E-state index contributed by atoms with van der Waals surface area (Å²) in [7, 11) is 0. The van der Waals surface area contributed by atoms with E-state index in [0.29, 0.717) is 0 Å². The smallest absolute Gasteiger partial charge is 0.301 e. The van der Waals surface area contributed by atoms with Crippen LogP contribution in [-0.2, 0) is 0 Å². The van der Waals surface area contributed by atoms with Crippen LogP contribution in [-0.4, -0.2) is 24.3 Å². The molecule has 3 nitrogen and oxygen atoms in total. The molecule has 0 amide bonds. The Balaban J connectivity index is 2.46. The van der Waals surface area contributed by atoms with Crippen molar-refractivity contribution in [2.45, 2.75) is 6.30 Å². The maximum Gasteiger partial charge on any atom is 0.479 e. The van der Waals surface area contributed by atoms with Gasteiger partial charge in [-0.3, -0.25) is 4.99 Å². The predicted molar refractivity (Wildman–Crippen MR) is 24.4 cm³/mol. The number of rotatable bonds is 0. The maximum atomic E-state index is 11.5. The second-order valence-electron chi connectivity index (χ2n) is 1.48. The van der Waals surface area contributed by atoms with Crippen molar-refractivity contribution in [2.24, 2.45) is 4.99 Å². The van der Waals surface area contributed by atoms with Crippen molar-refractivity contribution < 1.29 is 13.2 Å². The molecule has 0 saturated heterocycles. The van der Waals surface area contributed by atoms with Gasteiger partial charge in [0.15, 0.2) is 0 Å². The van der Waals surface area contributed by atoms with Crippen molar-refractivity contribution in [3.63, 3.8) is 0 Å². The molecule has 9 heavy (non-hydrogen) atoms. The first kappa shape index (κ1) is 6.34. The SMILES string of the molecule is FC(F)(F)N1CN=CN1. The maximum absolute atomic E-state index is 11.5. The fraction of sp³-hybridized carbons (Fsp3) is 0.667. The van der Waals surface area contributed by atoms with Gasteiger partial charge in [-0.2, -0.15) is 13.2 Å².